The molecule has 4 heteroatoms. The van der Waals surface area contributed by atoms with Crippen molar-refractivity contribution in [2.24, 2.45) is 0 Å². The average molecular weight is 344 g/mol. The summed E-state index contributed by atoms with van der Waals surface area (Å²) in [7, 11) is 0. The van der Waals surface area contributed by atoms with E-state index < -0.39 is 0 Å². The van der Waals surface area contributed by atoms with Gasteiger partial charge in [-0.25, -0.2) is 0 Å². The van der Waals surface area contributed by atoms with Crippen LogP contribution >= 0.6 is 0 Å². The van der Waals surface area contributed by atoms with Gasteiger partial charge in [0.25, 0.3) is 5.91 Å². The molecular formula is C22H20N2O2. The lowest BCUT2D eigenvalue weighted by atomic mass is 10.1. The maximum atomic E-state index is 12.3. The molecule has 2 amide bonds. The molecule has 0 fully saturated rings. The van der Waals surface area contributed by atoms with Crippen LogP contribution in [-0.2, 0) is 17.6 Å². The number of fused-ring (bicyclic) bond motifs is 2. The molecule has 0 aliphatic heterocycles. The molecule has 1 aliphatic rings. The Morgan fingerprint density at radius 3 is 2.54 bits per heavy atom. The third kappa shape index (κ3) is 3.45. The van der Waals surface area contributed by atoms with Gasteiger partial charge in [0.2, 0.25) is 5.91 Å². The second-order valence-corrected chi connectivity index (χ2v) is 6.63. The van der Waals surface area contributed by atoms with E-state index in [4.69, 9.17) is 0 Å². The second-order valence-electron chi connectivity index (χ2n) is 6.63. The first-order valence-electron chi connectivity index (χ1n) is 8.88. The smallest absolute Gasteiger partial charge is 0.251 e. The summed E-state index contributed by atoms with van der Waals surface area (Å²) < 4.78 is 0. The Morgan fingerprint density at radius 1 is 0.846 bits per heavy atom. The first-order valence-corrected chi connectivity index (χ1v) is 8.88. The predicted molar refractivity (Wildman–Crippen MR) is 103 cm³/mol. The molecule has 0 radical (unpaired) electrons. The second kappa shape index (κ2) is 7.00. The van der Waals surface area contributed by atoms with E-state index in [2.05, 4.69) is 16.7 Å². The Balaban J connectivity index is 1.36. The molecule has 4 rings (SSSR count). The lowest BCUT2D eigenvalue weighted by Gasteiger charge is -2.09. The van der Waals surface area contributed by atoms with Gasteiger partial charge in [-0.05, 0) is 65.4 Å². The number of nitrogens with one attached hydrogen (secondary N) is 2. The summed E-state index contributed by atoms with van der Waals surface area (Å²) in [4.78, 5) is 24.4. The van der Waals surface area contributed by atoms with E-state index in [1.54, 1.807) is 6.07 Å². The van der Waals surface area contributed by atoms with Gasteiger partial charge in [0.1, 0.15) is 0 Å². The van der Waals surface area contributed by atoms with Gasteiger partial charge in [-0.2, -0.15) is 0 Å². The molecule has 0 saturated carbocycles. The zero-order valence-corrected chi connectivity index (χ0v) is 14.4. The Hall–Kier alpha value is -3.14. The minimum atomic E-state index is -0.250. The standard InChI is InChI=1S/C22H20N2O2/c25-21(24-20-11-10-16-6-3-7-18(16)13-20)14-23-22(26)19-9-8-15-4-1-2-5-17(15)12-19/h1-2,4-5,8-13H,3,6-7,14H2,(H,23,26)(H,24,25). The number of hydrogen-bond donors (Lipinski definition) is 2. The number of amides is 2. The quantitative estimate of drug-likeness (QED) is 0.758. The lowest BCUT2D eigenvalue weighted by molar-refractivity contribution is -0.115. The van der Waals surface area contributed by atoms with Crippen LogP contribution in [0.15, 0.2) is 60.7 Å². The molecule has 0 saturated heterocycles. The fraction of sp³-hybridized carbons (Fsp3) is 0.182. The first-order chi connectivity index (χ1) is 12.7. The number of hydrogen-bond acceptors (Lipinski definition) is 2. The molecular weight excluding hydrogens is 324 g/mol. The van der Waals surface area contributed by atoms with Crippen molar-refractivity contribution in [3.05, 3.63) is 77.4 Å². The maximum Gasteiger partial charge on any atom is 0.251 e. The van der Waals surface area contributed by atoms with Gasteiger partial charge in [-0.15, -0.1) is 0 Å². The van der Waals surface area contributed by atoms with E-state index in [1.807, 2.05) is 48.5 Å². The van der Waals surface area contributed by atoms with Crippen molar-refractivity contribution in [1.82, 2.24) is 5.32 Å². The molecule has 2 N–H and O–H groups in total. The first kappa shape index (κ1) is 16.3. The summed E-state index contributed by atoms with van der Waals surface area (Å²) in [5, 5.41) is 7.62. The van der Waals surface area contributed by atoms with Gasteiger partial charge in [0, 0.05) is 11.3 Å². The van der Waals surface area contributed by atoms with Crippen molar-refractivity contribution in [1.29, 1.82) is 0 Å². The molecule has 0 unspecified atom stereocenters. The SMILES string of the molecule is O=C(CNC(=O)c1ccc2ccccc2c1)Nc1ccc2c(c1)CCC2. The van der Waals surface area contributed by atoms with E-state index in [-0.39, 0.29) is 18.4 Å². The molecule has 4 nitrogen and oxygen atoms in total. The summed E-state index contributed by atoms with van der Waals surface area (Å²) in [6.45, 7) is -0.0528. The van der Waals surface area contributed by atoms with Crippen LogP contribution in [0, 0.1) is 0 Å². The Kier molecular flexibility index (Phi) is 4.40. The number of benzene rings is 3. The predicted octanol–water partition coefficient (Wildman–Crippen LogP) is 3.70. The van der Waals surface area contributed by atoms with Crippen LogP contribution in [0.25, 0.3) is 10.8 Å². The molecule has 3 aromatic rings. The average Bonchev–Trinajstić information content (AvgIpc) is 3.13. The molecule has 0 spiro atoms. The van der Waals surface area contributed by atoms with Crippen LogP contribution in [0.3, 0.4) is 0 Å². The van der Waals surface area contributed by atoms with Crippen molar-refractivity contribution in [3.63, 3.8) is 0 Å². The van der Waals surface area contributed by atoms with Gasteiger partial charge in [0.05, 0.1) is 6.54 Å². The van der Waals surface area contributed by atoms with Crippen molar-refractivity contribution in [2.75, 3.05) is 11.9 Å². The highest BCUT2D eigenvalue weighted by molar-refractivity contribution is 6.01. The summed E-state index contributed by atoms with van der Waals surface area (Å²) >= 11 is 0. The van der Waals surface area contributed by atoms with E-state index in [0.29, 0.717) is 5.56 Å². The summed E-state index contributed by atoms with van der Waals surface area (Å²) in [6, 6.07) is 19.4. The van der Waals surface area contributed by atoms with Gasteiger partial charge in [0.15, 0.2) is 0 Å². The fourth-order valence-corrected chi connectivity index (χ4v) is 3.45. The highest BCUT2D eigenvalue weighted by Gasteiger charge is 2.13. The van der Waals surface area contributed by atoms with E-state index >= 15 is 0 Å². The molecule has 130 valence electrons. The monoisotopic (exact) mass is 344 g/mol. The Morgan fingerprint density at radius 2 is 1.65 bits per heavy atom. The van der Waals surface area contributed by atoms with Crippen LogP contribution < -0.4 is 10.6 Å². The normalized spacial score (nSPS) is 12.6. The van der Waals surface area contributed by atoms with Crippen LogP contribution in [-0.4, -0.2) is 18.4 Å². The number of anilines is 1. The van der Waals surface area contributed by atoms with Crippen molar-refractivity contribution >= 4 is 28.3 Å². The van der Waals surface area contributed by atoms with E-state index in [0.717, 1.165) is 29.3 Å². The summed E-state index contributed by atoms with van der Waals surface area (Å²) in [5.74, 6) is -0.475. The lowest BCUT2D eigenvalue weighted by Crippen LogP contribution is -2.32. The zero-order chi connectivity index (χ0) is 17.9. The van der Waals surface area contributed by atoms with Gasteiger partial charge < -0.3 is 10.6 Å². The highest BCUT2D eigenvalue weighted by Crippen LogP contribution is 2.24. The van der Waals surface area contributed by atoms with Gasteiger partial charge >= 0.3 is 0 Å². The van der Waals surface area contributed by atoms with Crippen molar-refractivity contribution in [2.45, 2.75) is 19.3 Å². The van der Waals surface area contributed by atoms with Crippen LogP contribution in [0.5, 0.6) is 0 Å². The molecule has 1 aliphatic carbocycles. The van der Waals surface area contributed by atoms with Crippen molar-refractivity contribution in [3.8, 4) is 0 Å². The number of carbonyl (C=O) groups is 2. The van der Waals surface area contributed by atoms with E-state index in [1.165, 1.54) is 17.5 Å². The highest BCUT2D eigenvalue weighted by atomic mass is 16.2. The minimum absolute atomic E-state index is 0.0528. The fourth-order valence-electron chi connectivity index (χ4n) is 3.45. The summed E-state index contributed by atoms with van der Waals surface area (Å²) in [5.41, 5.74) is 4.01. The van der Waals surface area contributed by atoms with Gasteiger partial charge in [-0.3, -0.25) is 9.59 Å². The van der Waals surface area contributed by atoms with E-state index in [9.17, 15) is 9.59 Å². The Bertz CT molecular complexity index is 994. The molecule has 0 heterocycles. The topological polar surface area (TPSA) is 58.2 Å². The molecule has 0 bridgehead atoms. The zero-order valence-electron chi connectivity index (χ0n) is 14.4. The third-order valence-electron chi connectivity index (χ3n) is 4.80. The maximum absolute atomic E-state index is 12.3. The van der Waals surface area contributed by atoms with Gasteiger partial charge in [-0.1, -0.05) is 36.4 Å². The van der Waals surface area contributed by atoms with Crippen LogP contribution in [0.1, 0.15) is 27.9 Å². The molecule has 0 atom stereocenters. The number of rotatable bonds is 4. The number of carbonyl (C=O) groups excluding carboxylic acids is 2. The van der Waals surface area contributed by atoms with Crippen molar-refractivity contribution < 1.29 is 9.59 Å². The van der Waals surface area contributed by atoms with Crippen LogP contribution in [0.4, 0.5) is 5.69 Å². The molecule has 3 aromatic carbocycles. The Labute approximate surface area is 152 Å². The summed E-state index contributed by atoms with van der Waals surface area (Å²) in [6.07, 6.45) is 3.36. The third-order valence-corrected chi connectivity index (χ3v) is 4.80. The molecule has 0 aromatic heterocycles. The largest absolute Gasteiger partial charge is 0.343 e. The number of aryl methyl sites for hydroxylation is 2. The minimum Gasteiger partial charge on any atom is -0.343 e. The molecule has 26 heavy (non-hydrogen) atoms. The van der Waals surface area contributed by atoms with Crippen LogP contribution in [0.2, 0.25) is 0 Å².